The Bertz CT molecular complexity index is 1120. The monoisotopic (exact) mass is 471 g/mol. The van der Waals surface area contributed by atoms with Crippen molar-refractivity contribution in [3.63, 3.8) is 0 Å². The van der Waals surface area contributed by atoms with E-state index in [0.717, 1.165) is 21.9 Å². The molecule has 0 radical (unpaired) electrons. The number of halogens is 3. The topological polar surface area (TPSA) is 61.4 Å². The summed E-state index contributed by atoms with van der Waals surface area (Å²) in [7, 11) is 3.10. The van der Waals surface area contributed by atoms with Gasteiger partial charge >= 0.3 is 6.18 Å². The number of carbonyl (C=O) groups excluding carboxylic acids is 2. The first-order valence-electron chi connectivity index (χ1n) is 11.0. The molecule has 2 N–H and O–H groups in total. The number of nitrogens with one attached hydrogen (secondary N) is 2. The van der Waals surface area contributed by atoms with Crippen molar-refractivity contribution in [1.82, 2.24) is 15.5 Å². The van der Waals surface area contributed by atoms with Crippen LogP contribution in [0, 0.1) is 0 Å². The van der Waals surface area contributed by atoms with Gasteiger partial charge in [-0.2, -0.15) is 13.2 Å². The molecular weight excluding hydrogens is 443 g/mol. The molecule has 0 bridgehead atoms. The standard InChI is InChI=1S/C26H28F3N3O2/c1-30-22(15-19-12-13-20-10-6-7-11-21(20)14-19)25(34)32(2)23(16-18-8-4-3-5-9-18)24(33)31-17-26(27,28)29/h3-14,22-23,30H,15-17H2,1-2H3,(H,31,33). The Hall–Kier alpha value is -3.39. The van der Waals surface area contributed by atoms with Crippen molar-refractivity contribution in [2.75, 3.05) is 20.6 Å². The van der Waals surface area contributed by atoms with Crippen LogP contribution in [-0.4, -0.2) is 55.6 Å². The van der Waals surface area contributed by atoms with E-state index in [1.807, 2.05) is 47.8 Å². The number of nitrogens with zero attached hydrogens (tertiary/aromatic N) is 1. The first-order chi connectivity index (χ1) is 16.2. The Morgan fingerprint density at radius 1 is 0.882 bits per heavy atom. The summed E-state index contributed by atoms with van der Waals surface area (Å²) in [5, 5.41) is 7.05. The predicted molar refractivity (Wildman–Crippen MR) is 126 cm³/mol. The second-order valence-corrected chi connectivity index (χ2v) is 8.21. The third kappa shape index (κ3) is 6.81. The van der Waals surface area contributed by atoms with Crippen molar-refractivity contribution in [2.45, 2.75) is 31.1 Å². The summed E-state index contributed by atoms with van der Waals surface area (Å²) in [6.45, 7) is -1.45. The molecule has 34 heavy (non-hydrogen) atoms. The number of carbonyl (C=O) groups is 2. The van der Waals surface area contributed by atoms with E-state index in [-0.39, 0.29) is 12.3 Å². The molecule has 0 aliphatic rings. The van der Waals surface area contributed by atoms with E-state index in [4.69, 9.17) is 0 Å². The van der Waals surface area contributed by atoms with Crippen LogP contribution in [0.3, 0.4) is 0 Å². The van der Waals surface area contributed by atoms with Gasteiger partial charge in [-0.25, -0.2) is 0 Å². The number of likely N-dealkylation sites (N-methyl/N-ethyl adjacent to an activating group) is 2. The van der Waals surface area contributed by atoms with Gasteiger partial charge in [0.1, 0.15) is 12.6 Å². The van der Waals surface area contributed by atoms with Crippen LogP contribution >= 0.6 is 0 Å². The normalized spacial score (nSPS) is 13.3. The lowest BCUT2D eigenvalue weighted by atomic mass is 9.99. The molecule has 2 amide bonds. The van der Waals surface area contributed by atoms with Crippen LogP contribution in [0.15, 0.2) is 72.8 Å². The number of rotatable bonds is 9. The van der Waals surface area contributed by atoms with Gasteiger partial charge in [0.25, 0.3) is 0 Å². The minimum absolute atomic E-state index is 0.0964. The molecule has 0 aromatic heterocycles. The molecule has 3 aromatic rings. The number of amides is 2. The quantitative estimate of drug-likeness (QED) is 0.500. The summed E-state index contributed by atoms with van der Waals surface area (Å²) >= 11 is 0. The lowest BCUT2D eigenvalue weighted by Gasteiger charge is -2.31. The van der Waals surface area contributed by atoms with Gasteiger partial charge in [0, 0.05) is 13.5 Å². The van der Waals surface area contributed by atoms with Crippen molar-refractivity contribution in [2.24, 2.45) is 0 Å². The first kappa shape index (κ1) is 25.2. The second kappa shape index (κ2) is 11.2. The number of fused-ring (bicyclic) bond motifs is 1. The number of alkyl halides is 3. The van der Waals surface area contributed by atoms with E-state index < -0.39 is 30.7 Å². The fourth-order valence-corrected chi connectivity index (χ4v) is 3.86. The van der Waals surface area contributed by atoms with E-state index >= 15 is 0 Å². The summed E-state index contributed by atoms with van der Waals surface area (Å²) in [6, 6.07) is 21.0. The van der Waals surface area contributed by atoms with E-state index in [2.05, 4.69) is 5.32 Å². The molecule has 3 rings (SSSR count). The van der Waals surface area contributed by atoms with Gasteiger partial charge in [0.2, 0.25) is 11.8 Å². The molecule has 0 fully saturated rings. The van der Waals surface area contributed by atoms with Gasteiger partial charge < -0.3 is 15.5 Å². The minimum Gasteiger partial charge on any atom is -0.345 e. The Balaban J connectivity index is 1.79. The van der Waals surface area contributed by atoms with Crippen molar-refractivity contribution in [3.8, 4) is 0 Å². The molecule has 2 atom stereocenters. The molecule has 2 unspecified atom stereocenters. The summed E-state index contributed by atoms with van der Waals surface area (Å²) in [6.07, 6.45) is -4.08. The molecule has 0 saturated carbocycles. The second-order valence-electron chi connectivity index (χ2n) is 8.21. The third-order valence-corrected chi connectivity index (χ3v) is 5.75. The summed E-state index contributed by atoms with van der Waals surface area (Å²) < 4.78 is 38.1. The van der Waals surface area contributed by atoms with Crippen molar-refractivity contribution >= 4 is 22.6 Å². The molecule has 0 aliphatic heterocycles. The number of hydrogen-bond acceptors (Lipinski definition) is 3. The minimum atomic E-state index is -4.54. The van der Waals surface area contributed by atoms with E-state index in [0.29, 0.717) is 6.42 Å². The zero-order valence-electron chi connectivity index (χ0n) is 19.1. The van der Waals surface area contributed by atoms with Gasteiger partial charge in [-0.1, -0.05) is 72.8 Å². The van der Waals surface area contributed by atoms with Crippen LogP contribution < -0.4 is 10.6 Å². The highest BCUT2D eigenvalue weighted by Gasteiger charge is 2.34. The zero-order chi connectivity index (χ0) is 24.7. The predicted octanol–water partition coefficient (Wildman–Crippen LogP) is 3.72. The van der Waals surface area contributed by atoms with Gasteiger partial charge in [-0.05, 0) is 35.4 Å². The van der Waals surface area contributed by atoms with Crippen LogP contribution in [0.1, 0.15) is 11.1 Å². The highest BCUT2D eigenvalue weighted by Crippen LogP contribution is 2.18. The smallest absolute Gasteiger partial charge is 0.345 e. The summed E-state index contributed by atoms with van der Waals surface area (Å²) in [4.78, 5) is 27.3. The van der Waals surface area contributed by atoms with Crippen LogP contribution in [-0.2, 0) is 22.4 Å². The molecule has 5 nitrogen and oxygen atoms in total. The highest BCUT2D eigenvalue weighted by molar-refractivity contribution is 5.90. The Kier molecular flexibility index (Phi) is 8.28. The van der Waals surface area contributed by atoms with Crippen molar-refractivity contribution in [1.29, 1.82) is 0 Å². The third-order valence-electron chi connectivity index (χ3n) is 5.75. The lowest BCUT2D eigenvalue weighted by molar-refractivity contribution is -0.146. The maximum absolute atomic E-state index is 13.3. The lowest BCUT2D eigenvalue weighted by Crippen LogP contribution is -2.55. The fourth-order valence-electron chi connectivity index (χ4n) is 3.86. The molecule has 180 valence electrons. The maximum Gasteiger partial charge on any atom is 0.405 e. The van der Waals surface area contributed by atoms with E-state index in [1.54, 1.807) is 37.4 Å². The number of benzene rings is 3. The van der Waals surface area contributed by atoms with Crippen LogP contribution in [0.4, 0.5) is 13.2 Å². The zero-order valence-corrected chi connectivity index (χ0v) is 19.1. The SMILES string of the molecule is CNC(Cc1ccc2ccccc2c1)C(=O)N(C)C(Cc1ccccc1)C(=O)NCC(F)(F)F. The Morgan fingerprint density at radius 3 is 2.18 bits per heavy atom. The van der Waals surface area contributed by atoms with Crippen molar-refractivity contribution < 1.29 is 22.8 Å². The van der Waals surface area contributed by atoms with Crippen molar-refractivity contribution in [3.05, 3.63) is 83.9 Å². The van der Waals surface area contributed by atoms with Crippen LogP contribution in [0.25, 0.3) is 10.8 Å². The Labute approximate surface area is 196 Å². The molecule has 0 heterocycles. The average Bonchev–Trinajstić information content (AvgIpc) is 2.83. The van der Waals surface area contributed by atoms with E-state index in [1.165, 1.54) is 11.9 Å². The molecule has 0 aliphatic carbocycles. The van der Waals surface area contributed by atoms with Crippen LogP contribution in [0.2, 0.25) is 0 Å². The molecular formula is C26H28F3N3O2. The highest BCUT2D eigenvalue weighted by atomic mass is 19.4. The molecule has 0 spiro atoms. The largest absolute Gasteiger partial charge is 0.405 e. The Morgan fingerprint density at radius 2 is 1.53 bits per heavy atom. The molecule has 3 aromatic carbocycles. The van der Waals surface area contributed by atoms with Gasteiger partial charge in [-0.3, -0.25) is 9.59 Å². The summed E-state index contributed by atoms with van der Waals surface area (Å²) in [5.41, 5.74) is 1.67. The first-order valence-corrected chi connectivity index (χ1v) is 11.0. The molecule has 8 heteroatoms. The summed E-state index contributed by atoms with van der Waals surface area (Å²) in [5.74, 6) is -1.23. The number of hydrogen-bond donors (Lipinski definition) is 2. The fraction of sp³-hybridized carbons (Fsp3) is 0.308. The average molecular weight is 472 g/mol. The van der Waals surface area contributed by atoms with Gasteiger partial charge in [-0.15, -0.1) is 0 Å². The maximum atomic E-state index is 13.3. The van der Waals surface area contributed by atoms with Gasteiger partial charge in [0.15, 0.2) is 0 Å². The van der Waals surface area contributed by atoms with Crippen LogP contribution in [0.5, 0.6) is 0 Å². The molecule has 0 saturated heterocycles. The van der Waals surface area contributed by atoms with Gasteiger partial charge in [0.05, 0.1) is 6.04 Å². The van der Waals surface area contributed by atoms with E-state index in [9.17, 15) is 22.8 Å².